The second-order valence-corrected chi connectivity index (χ2v) is 7.19. The molecule has 0 amide bonds. The van der Waals surface area contributed by atoms with E-state index in [2.05, 4.69) is 29.1 Å². The molecular weight excluding hydrogens is 453 g/mol. The summed E-state index contributed by atoms with van der Waals surface area (Å²) in [5, 5.41) is 3.98. The van der Waals surface area contributed by atoms with E-state index in [1.54, 1.807) is 7.11 Å². The molecule has 7 heteroatoms. The Labute approximate surface area is 173 Å². The molecule has 0 unspecified atom stereocenters. The summed E-state index contributed by atoms with van der Waals surface area (Å²) < 4.78 is 11.0. The standard InChI is InChI=1S/C18H28ClN3O2.HI/c1-6-24-16-14(19)9-13(10-15(16)23-5)11-21-17(20-4)22-8-7-18(2,3)12-22;/h9-10H,6-8,11-12H2,1-5H3,(H,20,21);1H. The van der Waals surface area contributed by atoms with Gasteiger partial charge in [0, 0.05) is 26.7 Å². The van der Waals surface area contributed by atoms with Gasteiger partial charge >= 0.3 is 0 Å². The molecule has 5 nitrogen and oxygen atoms in total. The minimum Gasteiger partial charge on any atom is -0.493 e. The largest absolute Gasteiger partial charge is 0.493 e. The fraction of sp³-hybridized carbons (Fsp3) is 0.611. The molecule has 1 aliphatic heterocycles. The maximum Gasteiger partial charge on any atom is 0.193 e. The van der Waals surface area contributed by atoms with Crippen LogP contribution in [0.5, 0.6) is 11.5 Å². The second-order valence-electron chi connectivity index (χ2n) is 6.78. The first-order chi connectivity index (χ1) is 11.4. The average molecular weight is 482 g/mol. The highest BCUT2D eigenvalue weighted by Crippen LogP contribution is 2.36. The molecule has 1 heterocycles. The van der Waals surface area contributed by atoms with Crippen LogP contribution < -0.4 is 14.8 Å². The topological polar surface area (TPSA) is 46.1 Å². The molecule has 1 fully saturated rings. The third-order valence-electron chi connectivity index (χ3n) is 4.22. The van der Waals surface area contributed by atoms with Crippen LogP contribution in [0.15, 0.2) is 17.1 Å². The third-order valence-corrected chi connectivity index (χ3v) is 4.50. The summed E-state index contributed by atoms with van der Waals surface area (Å²) in [5.41, 5.74) is 1.36. The monoisotopic (exact) mass is 481 g/mol. The number of methoxy groups -OCH3 is 1. The number of guanidine groups is 1. The number of nitrogens with zero attached hydrogens (tertiary/aromatic N) is 2. The molecule has 0 radical (unpaired) electrons. The average Bonchev–Trinajstić information content (AvgIpc) is 2.90. The molecule has 0 saturated carbocycles. The van der Waals surface area contributed by atoms with E-state index in [4.69, 9.17) is 21.1 Å². The zero-order valence-electron chi connectivity index (χ0n) is 15.7. The number of halogens is 2. The molecular formula is C18H29ClIN3O2. The summed E-state index contributed by atoms with van der Waals surface area (Å²) in [4.78, 5) is 6.70. The van der Waals surface area contributed by atoms with Gasteiger partial charge in [0.25, 0.3) is 0 Å². The Hall–Kier alpha value is -0.890. The van der Waals surface area contributed by atoms with E-state index in [1.807, 2.05) is 26.1 Å². The van der Waals surface area contributed by atoms with E-state index < -0.39 is 0 Å². The Balaban J connectivity index is 0.00000312. The fourth-order valence-electron chi connectivity index (χ4n) is 2.97. The molecule has 1 aromatic carbocycles. The normalized spacial score (nSPS) is 16.4. The summed E-state index contributed by atoms with van der Waals surface area (Å²) in [6, 6.07) is 3.86. The van der Waals surface area contributed by atoms with Crippen LogP contribution in [-0.2, 0) is 6.54 Å². The summed E-state index contributed by atoms with van der Waals surface area (Å²) in [6.07, 6.45) is 1.18. The summed E-state index contributed by atoms with van der Waals surface area (Å²) in [6.45, 7) is 9.72. The van der Waals surface area contributed by atoms with Crippen molar-refractivity contribution < 1.29 is 9.47 Å². The Kier molecular flexibility index (Phi) is 8.60. The van der Waals surface area contributed by atoms with Crippen LogP contribution in [0.3, 0.4) is 0 Å². The molecule has 1 aliphatic rings. The number of hydrogen-bond donors (Lipinski definition) is 1. The van der Waals surface area contributed by atoms with E-state index in [0.29, 0.717) is 35.1 Å². The second kappa shape index (κ2) is 9.71. The zero-order chi connectivity index (χ0) is 17.7. The predicted octanol–water partition coefficient (Wildman–Crippen LogP) is 4.17. The first-order valence-electron chi connectivity index (χ1n) is 8.35. The van der Waals surface area contributed by atoms with E-state index in [-0.39, 0.29) is 24.0 Å². The summed E-state index contributed by atoms with van der Waals surface area (Å²) >= 11 is 6.33. The lowest BCUT2D eigenvalue weighted by Gasteiger charge is -2.24. The lowest BCUT2D eigenvalue weighted by Crippen LogP contribution is -2.40. The Morgan fingerprint density at radius 1 is 1.40 bits per heavy atom. The molecule has 0 bridgehead atoms. The van der Waals surface area contributed by atoms with Crippen molar-refractivity contribution in [1.82, 2.24) is 10.2 Å². The van der Waals surface area contributed by atoms with E-state index in [9.17, 15) is 0 Å². The highest BCUT2D eigenvalue weighted by Gasteiger charge is 2.30. The van der Waals surface area contributed by atoms with E-state index in [1.165, 1.54) is 6.42 Å². The summed E-state index contributed by atoms with van der Waals surface area (Å²) in [5.74, 6) is 2.17. The number of benzene rings is 1. The minimum absolute atomic E-state index is 0. The highest BCUT2D eigenvalue weighted by atomic mass is 127. The minimum atomic E-state index is 0. The molecule has 0 atom stereocenters. The van der Waals surface area contributed by atoms with E-state index in [0.717, 1.165) is 24.6 Å². The number of rotatable bonds is 5. The molecule has 25 heavy (non-hydrogen) atoms. The van der Waals surface area contributed by atoms with Crippen molar-refractivity contribution in [3.63, 3.8) is 0 Å². The van der Waals surface area contributed by atoms with Crippen LogP contribution in [0.4, 0.5) is 0 Å². The Bertz CT molecular complexity index is 608. The van der Waals surface area contributed by atoms with Crippen molar-refractivity contribution in [2.45, 2.75) is 33.7 Å². The van der Waals surface area contributed by atoms with Gasteiger partial charge in [-0.15, -0.1) is 24.0 Å². The van der Waals surface area contributed by atoms with Gasteiger partial charge < -0.3 is 19.7 Å². The fourth-order valence-corrected chi connectivity index (χ4v) is 3.25. The van der Waals surface area contributed by atoms with Gasteiger partial charge in [-0.3, -0.25) is 4.99 Å². The number of ether oxygens (including phenoxy) is 2. The molecule has 0 spiro atoms. The van der Waals surface area contributed by atoms with Crippen molar-refractivity contribution in [2.75, 3.05) is 33.9 Å². The van der Waals surface area contributed by atoms with Gasteiger partial charge in [0.1, 0.15) is 0 Å². The van der Waals surface area contributed by atoms with Crippen LogP contribution >= 0.6 is 35.6 Å². The van der Waals surface area contributed by atoms with Crippen molar-refractivity contribution in [1.29, 1.82) is 0 Å². The molecule has 1 aromatic rings. The van der Waals surface area contributed by atoms with Crippen molar-refractivity contribution in [2.24, 2.45) is 10.4 Å². The van der Waals surface area contributed by atoms with Gasteiger partial charge in [-0.1, -0.05) is 25.4 Å². The first kappa shape index (κ1) is 22.2. The molecule has 1 saturated heterocycles. The summed E-state index contributed by atoms with van der Waals surface area (Å²) in [7, 11) is 3.44. The van der Waals surface area contributed by atoms with Crippen LogP contribution in [0.2, 0.25) is 5.02 Å². The van der Waals surface area contributed by atoms with Gasteiger partial charge in [0.05, 0.1) is 18.7 Å². The molecule has 0 aromatic heterocycles. The lowest BCUT2D eigenvalue weighted by molar-refractivity contribution is 0.311. The van der Waals surface area contributed by atoms with Crippen LogP contribution in [0.1, 0.15) is 32.8 Å². The van der Waals surface area contributed by atoms with Crippen LogP contribution in [-0.4, -0.2) is 44.7 Å². The van der Waals surface area contributed by atoms with Gasteiger partial charge in [-0.05, 0) is 36.5 Å². The van der Waals surface area contributed by atoms with Gasteiger partial charge in [0.15, 0.2) is 17.5 Å². The maximum absolute atomic E-state index is 6.33. The van der Waals surface area contributed by atoms with E-state index >= 15 is 0 Å². The van der Waals surface area contributed by atoms with Crippen molar-refractivity contribution >= 4 is 41.5 Å². The van der Waals surface area contributed by atoms with Crippen LogP contribution in [0.25, 0.3) is 0 Å². The quantitative estimate of drug-likeness (QED) is 0.389. The molecule has 2 rings (SSSR count). The molecule has 0 aliphatic carbocycles. The Morgan fingerprint density at radius 2 is 2.12 bits per heavy atom. The molecule has 142 valence electrons. The van der Waals surface area contributed by atoms with Gasteiger partial charge in [-0.25, -0.2) is 0 Å². The van der Waals surface area contributed by atoms with Gasteiger partial charge in [0.2, 0.25) is 0 Å². The number of nitrogens with one attached hydrogen (secondary N) is 1. The Morgan fingerprint density at radius 3 is 2.64 bits per heavy atom. The van der Waals surface area contributed by atoms with Crippen molar-refractivity contribution in [3.8, 4) is 11.5 Å². The predicted molar refractivity (Wildman–Crippen MR) is 115 cm³/mol. The first-order valence-corrected chi connectivity index (χ1v) is 8.73. The molecule has 1 N–H and O–H groups in total. The maximum atomic E-state index is 6.33. The lowest BCUT2D eigenvalue weighted by atomic mass is 9.93. The number of likely N-dealkylation sites (tertiary alicyclic amines) is 1. The zero-order valence-corrected chi connectivity index (χ0v) is 18.8. The van der Waals surface area contributed by atoms with Gasteiger partial charge in [-0.2, -0.15) is 0 Å². The SMILES string of the molecule is CCOc1c(Cl)cc(CNC(=NC)N2CCC(C)(C)C2)cc1OC.I. The third kappa shape index (κ3) is 5.81. The highest BCUT2D eigenvalue weighted by molar-refractivity contribution is 14.0. The number of aliphatic imine (C=N–C) groups is 1. The number of hydrogen-bond acceptors (Lipinski definition) is 3. The van der Waals surface area contributed by atoms with Crippen LogP contribution in [0, 0.1) is 5.41 Å². The van der Waals surface area contributed by atoms with Crippen molar-refractivity contribution in [3.05, 3.63) is 22.7 Å². The smallest absolute Gasteiger partial charge is 0.193 e.